The quantitative estimate of drug-likeness (QED) is 0.823. The number of rotatable bonds is 2. The zero-order valence-corrected chi connectivity index (χ0v) is 11.7. The van der Waals surface area contributed by atoms with Gasteiger partial charge in [0.05, 0.1) is 0 Å². The Balaban J connectivity index is 1.81. The molecule has 0 saturated carbocycles. The van der Waals surface area contributed by atoms with Crippen LogP contribution >= 0.6 is 0 Å². The fourth-order valence-electron chi connectivity index (χ4n) is 3.36. The van der Waals surface area contributed by atoms with Gasteiger partial charge in [0.15, 0.2) is 0 Å². The molecule has 2 aliphatic heterocycles. The molecule has 2 heterocycles. The highest BCUT2D eigenvalue weighted by Gasteiger charge is 2.34. The highest BCUT2D eigenvalue weighted by molar-refractivity contribution is 5.77. The second kappa shape index (κ2) is 5.50. The topological polar surface area (TPSA) is 58.4 Å². The monoisotopic (exact) mass is 295 g/mol. The number of anilines is 2. The van der Waals surface area contributed by atoms with Crippen molar-refractivity contribution in [2.24, 2.45) is 5.92 Å². The zero-order chi connectivity index (χ0) is 15.0. The first kappa shape index (κ1) is 14.1. The SMILES string of the molecule is Nc1ccc(N2CCC3NC(=O)CCC3C2)c(C(F)F)c1. The summed E-state index contributed by atoms with van der Waals surface area (Å²) in [7, 11) is 0. The van der Waals surface area contributed by atoms with E-state index in [1.165, 1.54) is 6.07 Å². The number of fused-ring (bicyclic) bond motifs is 1. The number of nitrogens with zero attached hydrogens (tertiary/aromatic N) is 1. The van der Waals surface area contributed by atoms with Gasteiger partial charge in [-0.2, -0.15) is 0 Å². The Morgan fingerprint density at radius 1 is 1.33 bits per heavy atom. The molecule has 4 nitrogen and oxygen atoms in total. The molecule has 6 heteroatoms. The fraction of sp³-hybridized carbons (Fsp3) is 0.533. The smallest absolute Gasteiger partial charge is 0.265 e. The summed E-state index contributed by atoms with van der Waals surface area (Å²) in [5.41, 5.74) is 6.53. The third-order valence-electron chi connectivity index (χ3n) is 4.45. The predicted molar refractivity (Wildman–Crippen MR) is 77.3 cm³/mol. The van der Waals surface area contributed by atoms with Gasteiger partial charge in [-0.15, -0.1) is 0 Å². The minimum absolute atomic E-state index is 0.00621. The molecule has 2 unspecified atom stereocenters. The molecule has 2 fully saturated rings. The van der Waals surface area contributed by atoms with Crippen molar-refractivity contribution in [2.45, 2.75) is 31.7 Å². The predicted octanol–water partition coefficient (Wildman–Crippen LogP) is 2.31. The molecule has 0 spiro atoms. The molecule has 114 valence electrons. The summed E-state index contributed by atoms with van der Waals surface area (Å²) in [6.45, 7) is 1.37. The van der Waals surface area contributed by atoms with Crippen LogP contribution < -0.4 is 16.0 Å². The van der Waals surface area contributed by atoms with Crippen LogP contribution in [0, 0.1) is 5.92 Å². The van der Waals surface area contributed by atoms with E-state index in [0.717, 1.165) is 12.8 Å². The molecule has 2 atom stereocenters. The number of alkyl halides is 2. The minimum Gasteiger partial charge on any atom is -0.399 e. The lowest BCUT2D eigenvalue weighted by Gasteiger charge is -2.43. The third kappa shape index (κ3) is 2.80. The van der Waals surface area contributed by atoms with Crippen molar-refractivity contribution in [2.75, 3.05) is 23.7 Å². The lowest BCUT2D eigenvalue weighted by molar-refractivity contribution is -0.124. The van der Waals surface area contributed by atoms with Gasteiger partial charge in [-0.1, -0.05) is 0 Å². The molecule has 1 amide bonds. The lowest BCUT2D eigenvalue weighted by atomic mass is 9.85. The maximum absolute atomic E-state index is 13.2. The van der Waals surface area contributed by atoms with Crippen LogP contribution in [0.5, 0.6) is 0 Å². The number of nitrogens with one attached hydrogen (secondary N) is 1. The van der Waals surface area contributed by atoms with Gasteiger partial charge in [0.2, 0.25) is 5.91 Å². The number of benzene rings is 1. The average Bonchev–Trinajstić information content (AvgIpc) is 2.46. The molecule has 0 radical (unpaired) electrons. The van der Waals surface area contributed by atoms with E-state index in [1.54, 1.807) is 12.1 Å². The van der Waals surface area contributed by atoms with Gasteiger partial charge >= 0.3 is 0 Å². The Labute approximate surface area is 122 Å². The molecular formula is C15H19F2N3O. The van der Waals surface area contributed by atoms with Crippen LogP contribution in [0.1, 0.15) is 31.3 Å². The molecule has 1 aromatic carbocycles. The van der Waals surface area contributed by atoms with E-state index in [1.807, 2.05) is 4.90 Å². The first-order chi connectivity index (χ1) is 10.0. The number of hydrogen-bond donors (Lipinski definition) is 2. The van der Waals surface area contributed by atoms with Gasteiger partial charge < -0.3 is 16.0 Å². The summed E-state index contributed by atoms with van der Waals surface area (Å²) in [4.78, 5) is 13.4. The second-order valence-electron chi connectivity index (χ2n) is 5.83. The van der Waals surface area contributed by atoms with Gasteiger partial charge in [0.25, 0.3) is 6.43 Å². The van der Waals surface area contributed by atoms with Crippen molar-refractivity contribution in [1.82, 2.24) is 5.32 Å². The Morgan fingerprint density at radius 3 is 2.90 bits per heavy atom. The molecule has 2 saturated heterocycles. The van der Waals surface area contributed by atoms with E-state index in [2.05, 4.69) is 5.32 Å². The minimum atomic E-state index is -2.53. The Morgan fingerprint density at radius 2 is 2.14 bits per heavy atom. The van der Waals surface area contributed by atoms with Crippen LogP contribution in [0.15, 0.2) is 18.2 Å². The summed E-state index contributed by atoms with van der Waals surface area (Å²) in [5, 5.41) is 3.00. The number of amides is 1. The molecule has 21 heavy (non-hydrogen) atoms. The first-order valence-corrected chi connectivity index (χ1v) is 7.26. The maximum Gasteiger partial charge on any atom is 0.265 e. The van der Waals surface area contributed by atoms with E-state index in [0.29, 0.717) is 36.8 Å². The van der Waals surface area contributed by atoms with Gasteiger partial charge in [-0.3, -0.25) is 4.79 Å². The van der Waals surface area contributed by atoms with E-state index >= 15 is 0 Å². The largest absolute Gasteiger partial charge is 0.399 e. The molecule has 3 N–H and O–H groups in total. The van der Waals surface area contributed by atoms with Crippen molar-refractivity contribution in [3.05, 3.63) is 23.8 Å². The normalized spacial score (nSPS) is 25.7. The Hall–Kier alpha value is -1.85. The molecular weight excluding hydrogens is 276 g/mol. The van der Waals surface area contributed by atoms with Crippen molar-refractivity contribution in [1.29, 1.82) is 0 Å². The zero-order valence-electron chi connectivity index (χ0n) is 11.7. The summed E-state index contributed by atoms with van der Waals surface area (Å²) in [6, 6.07) is 4.88. The van der Waals surface area contributed by atoms with Crippen LogP contribution in [-0.2, 0) is 4.79 Å². The number of carbonyl (C=O) groups is 1. The summed E-state index contributed by atoms with van der Waals surface area (Å²) >= 11 is 0. The van der Waals surface area contributed by atoms with Crippen molar-refractivity contribution >= 4 is 17.3 Å². The molecule has 0 aromatic heterocycles. The van der Waals surface area contributed by atoms with Crippen molar-refractivity contribution < 1.29 is 13.6 Å². The van der Waals surface area contributed by atoms with Gasteiger partial charge in [-0.25, -0.2) is 8.78 Å². The van der Waals surface area contributed by atoms with Crippen LogP contribution in [0.25, 0.3) is 0 Å². The summed E-state index contributed by atoms with van der Waals surface area (Å²) < 4.78 is 26.4. The third-order valence-corrected chi connectivity index (χ3v) is 4.45. The van der Waals surface area contributed by atoms with Crippen LogP contribution in [-0.4, -0.2) is 25.0 Å². The maximum atomic E-state index is 13.2. The number of nitrogens with two attached hydrogens (primary N) is 1. The average molecular weight is 295 g/mol. The van der Waals surface area contributed by atoms with Crippen LogP contribution in [0.4, 0.5) is 20.2 Å². The van der Waals surface area contributed by atoms with E-state index in [4.69, 9.17) is 5.73 Å². The van der Waals surface area contributed by atoms with E-state index < -0.39 is 6.43 Å². The number of piperidine rings is 2. The Bertz CT molecular complexity index is 550. The molecule has 0 aliphatic carbocycles. The van der Waals surface area contributed by atoms with Crippen LogP contribution in [0.2, 0.25) is 0 Å². The van der Waals surface area contributed by atoms with Crippen LogP contribution in [0.3, 0.4) is 0 Å². The summed E-state index contributed by atoms with van der Waals surface area (Å²) in [5.74, 6) is 0.435. The standard InChI is InChI=1S/C15H19F2N3O/c16-15(17)11-7-10(18)2-3-13(11)20-6-5-12-9(8-20)1-4-14(21)19-12/h2-3,7,9,12,15H,1,4-6,8,18H2,(H,19,21). The second-order valence-corrected chi connectivity index (χ2v) is 5.83. The molecule has 2 aliphatic rings. The van der Waals surface area contributed by atoms with Gasteiger partial charge in [-0.05, 0) is 37.0 Å². The molecule has 3 rings (SSSR count). The number of carbonyl (C=O) groups excluding carboxylic acids is 1. The van der Waals surface area contributed by atoms with Crippen molar-refractivity contribution in [3.63, 3.8) is 0 Å². The molecule has 0 bridgehead atoms. The fourth-order valence-corrected chi connectivity index (χ4v) is 3.36. The van der Waals surface area contributed by atoms with Gasteiger partial charge in [0, 0.05) is 42.5 Å². The molecule has 1 aromatic rings. The van der Waals surface area contributed by atoms with Gasteiger partial charge in [0.1, 0.15) is 0 Å². The van der Waals surface area contributed by atoms with Crippen molar-refractivity contribution in [3.8, 4) is 0 Å². The highest BCUT2D eigenvalue weighted by Crippen LogP contribution is 2.35. The number of nitrogen functional groups attached to an aromatic ring is 1. The number of halogens is 2. The first-order valence-electron chi connectivity index (χ1n) is 7.26. The number of hydrogen-bond acceptors (Lipinski definition) is 3. The van der Waals surface area contributed by atoms with E-state index in [9.17, 15) is 13.6 Å². The highest BCUT2D eigenvalue weighted by atomic mass is 19.3. The van der Waals surface area contributed by atoms with E-state index in [-0.39, 0.29) is 17.5 Å². The summed E-state index contributed by atoms with van der Waals surface area (Å²) in [6.07, 6.45) is -0.388. The lowest BCUT2D eigenvalue weighted by Crippen LogP contribution is -2.54. The Kier molecular flexibility index (Phi) is 3.69.